The number of para-hydroxylation sites is 1. The van der Waals surface area contributed by atoms with Crippen molar-refractivity contribution in [3.63, 3.8) is 0 Å². The van der Waals surface area contributed by atoms with Gasteiger partial charge in [-0.3, -0.25) is 0 Å². The number of aryl methyl sites for hydroxylation is 1. The van der Waals surface area contributed by atoms with E-state index >= 15 is 0 Å². The average Bonchev–Trinajstić information content (AvgIpc) is 2.42. The molecule has 0 radical (unpaired) electrons. The fourth-order valence-corrected chi connectivity index (χ4v) is 2.24. The van der Waals surface area contributed by atoms with E-state index < -0.39 is 11.6 Å². The van der Waals surface area contributed by atoms with Gasteiger partial charge in [-0.1, -0.05) is 29.3 Å². The summed E-state index contributed by atoms with van der Waals surface area (Å²) in [7, 11) is 0. The molecule has 0 bridgehead atoms. The molecule has 0 N–H and O–H groups in total. The molecular weight excluding hydrogens is 282 g/mol. The fraction of sp³-hybridized carbons (Fsp3) is 0.0667. The van der Waals surface area contributed by atoms with E-state index in [4.69, 9.17) is 11.6 Å². The van der Waals surface area contributed by atoms with Crippen LogP contribution in [-0.4, -0.2) is 9.97 Å². The molecule has 100 valence electrons. The van der Waals surface area contributed by atoms with Crippen LogP contribution in [-0.2, 0) is 0 Å². The van der Waals surface area contributed by atoms with Crippen molar-refractivity contribution in [3.05, 3.63) is 58.7 Å². The summed E-state index contributed by atoms with van der Waals surface area (Å²) >= 11 is 6.04. The molecule has 1 aromatic heterocycles. The Morgan fingerprint density at radius 1 is 1.00 bits per heavy atom. The molecule has 0 unspecified atom stereocenters. The molecule has 20 heavy (non-hydrogen) atoms. The minimum absolute atomic E-state index is 0.0776. The van der Waals surface area contributed by atoms with E-state index in [9.17, 15) is 8.78 Å². The molecule has 2 nitrogen and oxygen atoms in total. The lowest BCUT2D eigenvalue weighted by molar-refractivity contribution is 0.628. The van der Waals surface area contributed by atoms with Crippen molar-refractivity contribution < 1.29 is 8.78 Å². The molecule has 0 spiro atoms. The Labute approximate surface area is 119 Å². The van der Waals surface area contributed by atoms with E-state index in [1.54, 1.807) is 18.2 Å². The third kappa shape index (κ3) is 2.12. The zero-order valence-electron chi connectivity index (χ0n) is 10.5. The van der Waals surface area contributed by atoms with Crippen LogP contribution in [0.15, 0.2) is 36.4 Å². The van der Waals surface area contributed by atoms with Crippen molar-refractivity contribution in [3.8, 4) is 11.4 Å². The van der Waals surface area contributed by atoms with E-state index in [-0.39, 0.29) is 22.1 Å². The Morgan fingerprint density at radius 3 is 2.60 bits per heavy atom. The van der Waals surface area contributed by atoms with Gasteiger partial charge in [-0.25, -0.2) is 18.7 Å². The average molecular weight is 291 g/mol. The summed E-state index contributed by atoms with van der Waals surface area (Å²) in [5.41, 5.74) is 1.15. The molecule has 0 saturated carbocycles. The van der Waals surface area contributed by atoms with Crippen LogP contribution in [0.4, 0.5) is 8.78 Å². The minimum atomic E-state index is -0.513. The molecular formula is C15H9ClF2N2. The van der Waals surface area contributed by atoms with Crippen LogP contribution in [0.3, 0.4) is 0 Å². The lowest BCUT2D eigenvalue weighted by Crippen LogP contribution is -1.96. The van der Waals surface area contributed by atoms with Gasteiger partial charge in [-0.05, 0) is 31.2 Å². The maximum absolute atomic E-state index is 13.9. The number of rotatable bonds is 1. The number of aromatic nitrogens is 2. The maximum atomic E-state index is 13.9. The highest BCUT2D eigenvalue weighted by Crippen LogP contribution is 2.28. The van der Waals surface area contributed by atoms with Crippen LogP contribution in [0.1, 0.15) is 5.56 Å². The SMILES string of the molecule is Cc1ccc(F)c(-c2nc(Cl)c3cccc(F)c3n2)c1. The first kappa shape index (κ1) is 12.9. The third-order valence-electron chi connectivity index (χ3n) is 2.99. The number of hydrogen-bond donors (Lipinski definition) is 0. The van der Waals surface area contributed by atoms with Crippen molar-refractivity contribution in [2.75, 3.05) is 0 Å². The second kappa shape index (κ2) is 4.80. The molecule has 1 heterocycles. The zero-order chi connectivity index (χ0) is 14.3. The monoisotopic (exact) mass is 290 g/mol. The van der Waals surface area contributed by atoms with Gasteiger partial charge < -0.3 is 0 Å². The predicted molar refractivity (Wildman–Crippen MR) is 74.6 cm³/mol. The van der Waals surface area contributed by atoms with Crippen molar-refractivity contribution in [2.45, 2.75) is 6.92 Å². The van der Waals surface area contributed by atoms with Crippen molar-refractivity contribution >= 4 is 22.5 Å². The van der Waals surface area contributed by atoms with Gasteiger partial charge in [0.2, 0.25) is 0 Å². The van der Waals surface area contributed by atoms with Gasteiger partial charge in [0.1, 0.15) is 22.3 Å². The number of fused-ring (bicyclic) bond motifs is 1. The molecule has 3 aromatic rings. The Balaban J connectivity index is 2.32. The van der Waals surface area contributed by atoms with Gasteiger partial charge in [-0.15, -0.1) is 0 Å². The summed E-state index contributed by atoms with van der Waals surface area (Å²) in [4.78, 5) is 8.16. The largest absolute Gasteiger partial charge is 0.225 e. The van der Waals surface area contributed by atoms with Gasteiger partial charge in [-0.2, -0.15) is 0 Å². The first-order chi connectivity index (χ1) is 9.56. The molecule has 0 fully saturated rings. The molecule has 0 aliphatic heterocycles. The summed E-state index contributed by atoms with van der Waals surface area (Å²) in [5.74, 6) is -0.905. The highest BCUT2D eigenvalue weighted by molar-refractivity contribution is 6.34. The zero-order valence-corrected chi connectivity index (χ0v) is 11.2. The molecule has 0 amide bonds. The summed E-state index contributed by atoms with van der Waals surface area (Å²) in [6, 6.07) is 9.00. The van der Waals surface area contributed by atoms with E-state index in [2.05, 4.69) is 9.97 Å². The molecule has 0 atom stereocenters. The van der Waals surface area contributed by atoms with E-state index in [1.165, 1.54) is 18.2 Å². The highest BCUT2D eigenvalue weighted by Gasteiger charge is 2.14. The van der Waals surface area contributed by atoms with Gasteiger partial charge in [0.15, 0.2) is 5.82 Å². The van der Waals surface area contributed by atoms with Crippen molar-refractivity contribution in [1.82, 2.24) is 9.97 Å². The third-order valence-corrected chi connectivity index (χ3v) is 3.28. The maximum Gasteiger partial charge on any atom is 0.164 e. The molecule has 5 heteroatoms. The lowest BCUT2D eigenvalue weighted by atomic mass is 10.1. The van der Waals surface area contributed by atoms with Crippen LogP contribution in [0, 0.1) is 18.6 Å². The van der Waals surface area contributed by atoms with Crippen molar-refractivity contribution in [2.24, 2.45) is 0 Å². The lowest BCUT2D eigenvalue weighted by Gasteiger charge is -2.07. The standard InChI is InChI=1S/C15H9ClF2N2/c1-8-5-6-11(17)10(7-8)15-19-13-9(14(16)20-15)3-2-4-12(13)18/h2-7H,1H3. The topological polar surface area (TPSA) is 25.8 Å². The van der Waals surface area contributed by atoms with Crippen LogP contribution in [0.2, 0.25) is 5.15 Å². The number of hydrogen-bond acceptors (Lipinski definition) is 2. The van der Waals surface area contributed by atoms with Gasteiger partial charge in [0, 0.05) is 5.39 Å². The second-order valence-electron chi connectivity index (χ2n) is 4.46. The van der Waals surface area contributed by atoms with Crippen molar-refractivity contribution in [1.29, 1.82) is 0 Å². The van der Waals surface area contributed by atoms with Crippen LogP contribution in [0.25, 0.3) is 22.3 Å². The molecule has 3 rings (SSSR count). The number of nitrogens with zero attached hydrogens (tertiary/aromatic N) is 2. The Bertz CT molecular complexity index is 818. The molecule has 0 aliphatic carbocycles. The van der Waals surface area contributed by atoms with E-state index in [1.807, 2.05) is 6.92 Å². The molecule has 2 aromatic carbocycles. The van der Waals surface area contributed by atoms with Crippen LogP contribution >= 0.6 is 11.6 Å². The van der Waals surface area contributed by atoms with Crippen LogP contribution in [0.5, 0.6) is 0 Å². The Hall–Kier alpha value is -2.07. The fourth-order valence-electron chi connectivity index (χ4n) is 2.01. The number of benzene rings is 2. The second-order valence-corrected chi connectivity index (χ2v) is 4.82. The summed E-state index contributed by atoms with van der Waals surface area (Å²) in [5, 5.41) is 0.508. The van der Waals surface area contributed by atoms with E-state index in [0.717, 1.165) is 5.56 Å². The molecule has 0 saturated heterocycles. The first-order valence-electron chi connectivity index (χ1n) is 5.94. The summed E-state index contributed by atoms with van der Waals surface area (Å²) in [6.45, 7) is 1.83. The highest BCUT2D eigenvalue weighted by atomic mass is 35.5. The quantitative estimate of drug-likeness (QED) is 0.615. The minimum Gasteiger partial charge on any atom is -0.225 e. The normalized spacial score (nSPS) is 11.0. The first-order valence-corrected chi connectivity index (χ1v) is 6.32. The van der Waals surface area contributed by atoms with Gasteiger partial charge in [0.05, 0.1) is 5.56 Å². The van der Waals surface area contributed by atoms with Crippen LogP contribution < -0.4 is 0 Å². The Morgan fingerprint density at radius 2 is 1.80 bits per heavy atom. The summed E-state index contributed by atoms with van der Waals surface area (Å²) in [6.07, 6.45) is 0. The smallest absolute Gasteiger partial charge is 0.164 e. The Kier molecular flexibility index (Phi) is 3.10. The van der Waals surface area contributed by atoms with Gasteiger partial charge in [0.25, 0.3) is 0 Å². The molecule has 0 aliphatic rings. The predicted octanol–water partition coefficient (Wildman–Crippen LogP) is 4.54. The number of halogens is 3. The van der Waals surface area contributed by atoms with E-state index in [0.29, 0.717) is 5.39 Å². The van der Waals surface area contributed by atoms with Gasteiger partial charge >= 0.3 is 0 Å². The summed E-state index contributed by atoms with van der Waals surface area (Å²) < 4.78 is 27.7.